The zero-order chi connectivity index (χ0) is 15.0. The molecule has 120 valence electrons. The average Bonchev–Trinajstić information content (AvgIpc) is 3.16. The van der Waals surface area contributed by atoms with E-state index >= 15 is 0 Å². The number of nitrogens with one attached hydrogen (secondary N) is 1. The van der Waals surface area contributed by atoms with Crippen molar-refractivity contribution in [2.45, 2.75) is 32.2 Å². The van der Waals surface area contributed by atoms with Gasteiger partial charge in [-0.1, -0.05) is 19.1 Å². The third-order valence-corrected chi connectivity index (χ3v) is 5.36. The SMILES string of the molecule is CC1(CN2CCCC2c2cccc3c2OCCO3)CCNC1. The van der Waals surface area contributed by atoms with Crippen LogP contribution in [0.2, 0.25) is 0 Å². The topological polar surface area (TPSA) is 33.7 Å². The Bertz CT molecular complexity index is 540. The van der Waals surface area contributed by atoms with Gasteiger partial charge in [0.25, 0.3) is 0 Å². The Morgan fingerprint density at radius 1 is 1.32 bits per heavy atom. The molecule has 2 saturated heterocycles. The quantitative estimate of drug-likeness (QED) is 0.930. The summed E-state index contributed by atoms with van der Waals surface area (Å²) in [5.41, 5.74) is 1.73. The first kappa shape index (κ1) is 14.3. The van der Waals surface area contributed by atoms with Gasteiger partial charge in [0.1, 0.15) is 13.2 Å². The lowest BCUT2D eigenvalue weighted by atomic mass is 9.88. The predicted molar refractivity (Wildman–Crippen MR) is 86.6 cm³/mol. The van der Waals surface area contributed by atoms with E-state index in [1.165, 1.54) is 37.9 Å². The van der Waals surface area contributed by atoms with E-state index < -0.39 is 0 Å². The molecule has 0 amide bonds. The highest BCUT2D eigenvalue weighted by molar-refractivity contribution is 5.49. The maximum absolute atomic E-state index is 5.95. The molecule has 22 heavy (non-hydrogen) atoms. The molecule has 3 aliphatic rings. The van der Waals surface area contributed by atoms with Crippen LogP contribution in [0.5, 0.6) is 11.5 Å². The highest BCUT2D eigenvalue weighted by Crippen LogP contribution is 2.44. The van der Waals surface area contributed by atoms with E-state index in [-0.39, 0.29) is 0 Å². The summed E-state index contributed by atoms with van der Waals surface area (Å²) < 4.78 is 11.7. The van der Waals surface area contributed by atoms with Gasteiger partial charge >= 0.3 is 0 Å². The Labute approximate surface area is 132 Å². The summed E-state index contributed by atoms with van der Waals surface area (Å²) in [6, 6.07) is 6.85. The fourth-order valence-electron chi connectivity index (χ4n) is 4.22. The summed E-state index contributed by atoms with van der Waals surface area (Å²) in [7, 11) is 0. The van der Waals surface area contributed by atoms with Crippen molar-refractivity contribution in [1.29, 1.82) is 0 Å². The first-order valence-corrected chi connectivity index (χ1v) is 8.58. The number of rotatable bonds is 3. The van der Waals surface area contributed by atoms with E-state index in [1.54, 1.807) is 0 Å². The average molecular weight is 302 g/mol. The molecule has 0 aromatic heterocycles. The highest BCUT2D eigenvalue weighted by Gasteiger charge is 2.37. The molecule has 2 fully saturated rings. The summed E-state index contributed by atoms with van der Waals surface area (Å²) in [5, 5.41) is 3.52. The Hall–Kier alpha value is -1.26. The molecular formula is C18H26N2O2. The van der Waals surface area contributed by atoms with E-state index in [4.69, 9.17) is 9.47 Å². The number of hydrogen-bond acceptors (Lipinski definition) is 4. The smallest absolute Gasteiger partial charge is 0.166 e. The van der Waals surface area contributed by atoms with Crippen molar-refractivity contribution >= 4 is 0 Å². The van der Waals surface area contributed by atoms with Crippen LogP contribution in [0.25, 0.3) is 0 Å². The number of ether oxygens (including phenoxy) is 2. The van der Waals surface area contributed by atoms with Crippen LogP contribution in [0, 0.1) is 5.41 Å². The molecule has 0 bridgehead atoms. The Balaban J connectivity index is 1.58. The standard InChI is InChI=1S/C18H26N2O2/c1-18(7-8-19-12-18)13-20-9-3-5-15(20)14-4-2-6-16-17(14)22-11-10-21-16/h2,4,6,15,19H,3,5,7-13H2,1H3. The molecule has 4 nitrogen and oxygen atoms in total. The molecule has 2 unspecified atom stereocenters. The van der Waals surface area contributed by atoms with E-state index in [2.05, 4.69) is 29.3 Å². The van der Waals surface area contributed by atoms with Crippen LogP contribution in [0.1, 0.15) is 37.8 Å². The minimum atomic E-state index is 0.411. The molecular weight excluding hydrogens is 276 g/mol. The summed E-state index contributed by atoms with van der Waals surface area (Å²) in [4.78, 5) is 2.67. The second kappa shape index (κ2) is 5.74. The summed E-state index contributed by atoms with van der Waals surface area (Å²) in [5.74, 6) is 1.91. The van der Waals surface area contributed by atoms with Crippen LogP contribution in [0.3, 0.4) is 0 Å². The van der Waals surface area contributed by atoms with E-state index in [1.807, 2.05) is 6.07 Å². The molecule has 0 radical (unpaired) electrons. The van der Waals surface area contributed by atoms with E-state index in [0.717, 1.165) is 24.6 Å². The summed E-state index contributed by atoms with van der Waals surface area (Å²) >= 11 is 0. The number of hydrogen-bond donors (Lipinski definition) is 1. The fourth-order valence-corrected chi connectivity index (χ4v) is 4.22. The molecule has 1 aromatic carbocycles. The lowest BCUT2D eigenvalue weighted by Crippen LogP contribution is -2.37. The first-order valence-electron chi connectivity index (χ1n) is 8.58. The summed E-state index contributed by atoms with van der Waals surface area (Å²) in [6.07, 6.45) is 3.78. The third kappa shape index (κ3) is 2.59. The van der Waals surface area contributed by atoms with Gasteiger partial charge in [0, 0.05) is 24.7 Å². The number of nitrogens with zero attached hydrogens (tertiary/aromatic N) is 1. The molecule has 2 atom stereocenters. The number of fused-ring (bicyclic) bond motifs is 1. The van der Waals surface area contributed by atoms with Crippen LogP contribution < -0.4 is 14.8 Å². The largest absolute Gasteiger partial charge is 0.486 e. The Morgan fingerprint density at radius 3 is 3.09 bits per heavy atom. The maximum Gasteiger partial charge on any atom is 0.166 e. The minimum Gasteiger partial charge on any atom is -0.486 e. The Morgan fingerprint density at radius 2 is 2.23 bits per heavy atom. The number of para-hydroxylation sites is 1. The maximum atomic E-state index is 5.95. The van der Waals surface area contributed by atoms with Gasteiger partial charge in [0.15, 0.2) is 11.5 Å². The predicted octanol–water partition coefficient (Wildman–Crippen LogP) is 2.59. The van der Waals surface area contributed by atoms with Gasteiger partial charge in [0.2, 0.25) is 0 Å². The Kier molecular flexibility index (Phi) is 3.74. The molecule has 4 rings (SSSR count). The van der Waals surface area contributed by atoms with Gasteiger partial charge in [0.05, 0.1) is 0 Å². The van der Waals surface area contributed by atoms with Crippen molar-refractivity contribution in [2.24, 2.45) is 5.41 Å². The van der Waals surface area contributed by atoms with Gasteiger partial charge in [-0.25, -0.2) is 0 Å². The zero-order valence-corrected chi connectivity index (χ0v) is 13.4. The normalized spacial score (nSPS) is 31.6. The van der Waals surface area contributed by atoms with Gasteiger partial charge in [-0.2, -0.15) is 0 Å². The minimum absolute atomic E-state index is 0.411. The molecule has 3 aliphatic heterocycles. The van der Waals surface area contributed by atoms with Crippen LogP contribution in [-0.2, 0) is 0 Å². The first-order chi connectivity index (χ1) is 10.8. The lowest BCUT2D eigenvalue weighted by molar-refractivity contribution is 0.148. The summed E-state index contributed by atoms with van der Waals surface area (Å²) in [6.45, 7) is 8.42. The fraction of sp³-hybridized carbons (Fsp3) is 0.667. The molecule has 0 aliphatic carbocycles. The van der Waals surface area contributed by atoms with Crippen LogP contribution in [-0.4, -0.2) is 44.3 Å². The second-order valence-corrected chi connectivity index (χ2v) is 7.24. The number of likely N-dealkylation sites (tertiary alicyclic amines) is 1. The van der Waals surface area contributed by atoms with Gasteiger partial charge in [-0.3, -0.25) is 4.90 Å². The molecule has 1 aromatic rings. The lowest BCUT2D eigenvalue weighted by Gasteiger charge is -2.34. The molecule has 0 saturated carbocycles. The van der Waals surface area contributed by atoms with Crippen LogP contribution in [0.4, 0.5) is 0 Å². The van der Waals surface area contributed by atoms with Crippen molar-refractivity contribution in [3.63, 3.8) is 0 Å². The van der Waals surface area contributed by atoms with Crippen molar-refractivity contribution in [3.05, 3.63) is 23.8 Å². The van der Waals surface area contributed by atoms with E-state index in [9.17, 15) is 0 Å². The van der Waals surface area contributed by atoms with E-state index in [0.29, 0.717) is 24.7 Å². The zero-order valence-electron chi connectivity index (χ0n) is 13.4. The molecule has 3 heterocycles. The van der Waals surface area contributed by atoms with Crippen molar-refractivity contribution < 1.29 is 9.47 Å². The van der Waals surface area contributed by atoms with Crippen molar-refractivity contribution in [2.75, 3.05) is 39.4 Å². The van der Waals surface area contributed by atoms with Crippen LogP contribution >= 0.6 is 0 Å². The number of benzene rings is 1. The molecule has 0 spiro atoms. The monoisotopic (exact) mass is 302 g/mol. The van der Waals surface area contributed by atoms with Crippen molar-refractivity contribution in [1.82, 2.24) is 10.2 Å². The molecule has 1 N–H and O–H groups in total. The second-order valence-electron chi connectivity index (χ2n) is 7.24. The molecule has 4 heteroatoms. The van der Waals surface area contributed by atoms with Gasteiger partial charge in [-0.05, 0) is 43.8 Å². The highest BCUT2D eigenvalue weighted by atomic mass is 16.6. The van der Waals surface area contributed by atoms with Gasteiger partial charge < -0.3 is 14.8 Å². The van der Waals surface area contributed by atoms with Crippen molar-refractivity contribution in [3.8, 4) is 11.5 Å². The van der Waals surface area contributed by atoms with Gasteiger partial charge in [-0.15, -0.1) is 0 Å². The van der Waals surface area contributed by atoms with Crippen LogP contribution in [0.15, 0.2) is 18.2 Å². The third-order valence-electron chi connectivity index (χ3n) is 5.36.